The number of hydrogen-bond donors (Lipinski definition) is 1. The minimum Gasteiger partial charge on any atom is -0.451 e. The number of ketones is 1. The highest BCUT2D eigenvalue weighted by molar-refractivity contribution is 7.12. The Kier molecular flexibility index (Phi) is 4.94. The van der Waals surface area contributed by atoms with Gasteiger partial charge < -0.3 is 9.73 Å². The van der Waals surface area contributed by atoms with Crippen LogP contribution < -0.4 is 5.32 Å². The summed E-state index contributed by atoms with van der Waals surface area (Å²) in [6, 6.07) is 11.0. The molecule has 7 nitrogen and oxygen atoms in total. The molecule has 1 N–H and O–H groups in total. The van der Waals surface area contributed by atoms with E-state index >= 15 is 0 Å². The van der Waals surface area contributed by atoms with Gasteiger partial charge in [-0.1, -0.05) is 6.07 Å². The summed E-state index contributed by atoms with van der Waals surface area (Å²) in [5.74, 6) is -0.127. The van der Waals surface area contributed by atoms with Crippen LogP contribution in [0.1, 0.15) is 25.8 Å². The fourth-order valence-corrected chi connectivity index (χ4v) is 3.03. The summed E-state index contributed by atoms with van der Waals surface area (Å²) in [5.41, 5.74) is 1.20. The van der Waals surface area contributed by atoms with Crippen LogP contribution in [0.2, 0.25) is 0 Å². The number of carbonyl (C=O) groups is 2. The molecule has 2 aromatic heterocycles. The molecule has 3 rings (SSSR count). The van der Waals surface area contributed by atoms with Gasteiger partial charge in [-0.3, -0.25) is 19.7 Å². The first-order chi connectivity index (χ1) is 12.5. The van der Waals surface area contributed by atoms with Crippen LogP contribution in [-0.4, -0.2) is 23.2 Å². The highest BCUT2D eigenvalue weighted by atomic mass is 32.1. The second kappa shape index (κ2) is 7.32. The number of benzene rings is 1. The molecule has 1 aromatic carbocycles. The third-order valence-electron chi connectivity index (χ3n) is 3.69. The highest BCUT2D eigenvalue weighted by Gasteiger charge is 2.18. The van der Waals surface area contributed by atoms with E-state index in [0.717, 1.165) is 0 Å². The molecule has 0 saturated carbocycles. The quantitative estimate of drug-likeness (QED) is 0.403. The molecule has 26 heavy (non-hydrogen) atoms. The van der Waals surface area contributed by atoms with Crippen molar-refractivity contribution in [2.75, 3.05) is 6.54 Å². The Morgan fingerprint density at radius 3 is 2.58 bits per heavy atom. The Bertz CT molecular complexity index is 958. The van der Waals surface area contributed by atoms with E-state index in [-0.39, 0.29) is 23.8 Å². The number of aryl methyl sites for hydroxylation is 1. The second-order valence-corrected chi connectivity index (χ2v) is 6.46. The largest absolute Gasteiger partial charge is 0.451 e. The molecule has 3 aromatic rings. The van der Waals surface area contributed by atoms with Gasteiger partial charge in [-0.25, -0.2) is 0 Å². The van der Waals surface area contributed by atoms with E-state index in [2.05, 4.69) is 5.32 Å². The van der Waals surface area contributed by atoms with Gasteiger partial charge in [-0.05, 0) is 36.6 Å². The van der Waals surface area contributed by atoms with Crippen molar-refractivity contribution in [1.29, 1.82) is 0 Å². The summed E-state index contributed by atoms with van der Waals surface area (Å²) in [6.07, 6.45) is 0. The molecule has 0 aliphatic heterocycles. The predicted molar refractivity (Wildman–Crippen MR) is 96.5 cm³/mol. The number of hydrogen-bond acceptors (Lipinski definition) is 6. The van der Waals surface area contributed by atoms with E-state index in [9.17, 15) is 19.7 Å². The van der Waals surface area contributed by atoms with E-state index in [4.69, 9.17) is 4.42 Å². The number of nitrogens with one attached hydrogen (secondary N) is 1. The van der Waals surface area contributed by atoms with Crippen molar-refractivity contribution in [3.63, 3.8) is 0 Å². The highest BCUT2D eigenvalue weighted by Crippen LogP contribution is 2.27. The molecule has 8 heteroatoms. The molecular weight excluding hydrogens is 356 g/mol. The maximum atomic E-state index is 12.3. The Morgan fingerprint density at radius 1 is 1.23 bits per heavy atom. The summed E-state index contributed by atoms with van der Waals surface area (Å²) < 4.78 is 5.60. The number of non-ortho nitro benzene ring substituents is 1. The summed E-state index contributed by atoms with van der Waals surface area (Å²) in [4.78, 5) is 35.0. The number of nitro benzene ring substituents is 1. The molecule has 0 aliphatic carbocycles. The number of nitro groups is 1. The van der Waals surface area contributed by atoms with Crippen molar-refractivity contribution in [2.45, 2.75) is 6.92 Å². The Morgan fingerprint density at radius 2 is 1.96 bits per heavy atom. The maximum Gasteiger partial charge on any atom is 0.287 e. The van der Waals surface area contributed by atoms with Gasteiger partial charge in [0, 0.05) is 23.3 Å². The maximum absolute atomic E-state index is 12.3. The average molecular weight is 370 g/mol. The molecule has 0 fully saturated rings. The summed E-state index contributed by atoms with van der Waals surface area (Å²) in [5, 5.41) is 15.1. The van der Waals surface area contributed by atoms with Crippen LogP contribution in [0.15, 0.2) is 52.3 Å². The molecular formula is C18H14N2O5S. The van der Waals surface area contributed by atoms with Gasteiger partial charge in [0.25, 0.3) is 11.6 Å². The Labute approximate surface area is 152 Å². The lowest BCUT2D eigenvalue weighted by molar-refractivity contribution is -0.384. The zero-order chi connectivity index (χ0) is 18.7. The number of furan rings is 1. The van der Waals surface area contributed by atoms with E-state index in [1.165, 1.54) is 23.5 Å². The first-order valence-corrected chi connectivity index (χ1v) is 8.54. The van der Waals surface area contributed by atoms with Gasteiger partial charge in [-0.2, -0.15) is 0 Å². The fourth-order valence-electron chi connectivity index (χ4n) is 2.36. The van der Waals surface area contributed by atoms with Crippen molar-refractivity contribution in [2.24, 2.45) is 0 Å². The van der Waals surface area contributed by atoms with Crippen molar-refractivity contribution < 1.29 is 18.9 Å². The van der Waals surface area contributed by atoms with Gasteiger partial charge in [0.05, 0.1) is 16.3 Å². The van der Waals surface area contributed by atoms with Crippen LogP contribution in [0.4, 0.5) is 5.69 Å². The van der Waals surface area contributed by atoms with E-state index in [1.807, 2.05) is 0 Å². The van der Waals surface area contributed by atoms with E-state index in [0.29, 0.717) is 21.8 Å². The fraction of sp³-hybridized carbons (Fsp3) is 0.111. The Hall–Kier alpha value is -3.26. The van der Waals surface area contributed by atoms with Crippen LogP contribution in [-0.2, 0) is 0 Å². The van der Waals surface area contributed by atoms with Crippen LogP contribution in [0.3, 0.4) is 0 Å². The smallest absolute Gasteiger partial charge is 0.287 e. The normalized spacial score (nSPS) is 10.5. The lowest BCUT2D eigenvalue weighted by Crippen LogP contribution is -2.29. The van der Waals surface area contributed by atoms with Crippen molar-refractivity contribution >= 4 is 28.7 Å². The molecule has 0 spiro atoms. The van der Waals surface area contributed by atoms with E-state index in [1.54, 1.807) is 42.6 Å². The number of carbonyl (C=O) groups excluding carboxylic acids is 2. The monoisotopic (exact) mass is 370 g/mol. The van der Waals surface area contributed by atoms with Gasteiger partial charge in [0.1, 0.15) is 5.76 Å². The van der Waals surface area contributed by atoms with Gasteiger partial charge in [-0.15, -0.1) is 11.3 Å². The van der Waals surface area contributed by atoms with Crippen LogP contribution in [0, 0.1) is 17.0 Å². The molecule has 2 heterocycles. The van der Waals surface area contributed by atoms with Crippen LogP contribution in [0.5, 0.6) is 0 Å². The minimum absolute atomic E-state index is 0.0258. The molecule has 0 atom stereocenters. The third-order valence-corrected chi connectivity index (χ3v) is 4.60. The molecule has 0 saturated heterocycles. The number of amides is 1. The topological polar surface area (TPSA) is 102 Å². The predicted octanol–water partition coefficient (Wildman–Crippen LogP) is 3.84. The number of Topliss-reactive ketones (excluding diaryl/α,β-unsaturated/α-hetero) is 1. The van der Waals surface area contributed by atoms with Gasteiger partial charge >= 0.3 is 0 Å². The third kappa shape index (κ3) is 3.70. The lowest BCUT2D eigenvalue weighted by atomic mass is 10.1. The number of nitrogens with zero attached hydrogens (tertiary/aromatic N) is 1. The lowest BCUT2D eigenvalue weighted by Gasteiger charge is -2.02. The average Bonchev–Trinajstić information content (AvgIpc) is 3.29. The first kappa shape index (κ1) is 17.6. The standard InChI is InChI=1S/C18H14N2O5S/c1-11-9-15(12-4-6-13(7-5-12)20(23)24)25-17(11)18(22)19-10-14(21)16-3-2-8-26-16/h2-9H,10H2,1H3,(H,19,22). The van der Waals surface area contributed by atoms with Crippen LogP contribution in [0.25, 0.3) is 11.3 Å². The van der Waals surface area contributed by atoms with Gasteiger partial charge in [0.2, 0.25) is 0 Å². The minimum atomic E-state index is -0.486. The number of thiophene rings is 1. The molecule has 132 valence electrons. The molecule has 1 amide bonds. The summed E-state index contributed by atoms with van der Waals surface area (Å²) in [7, 11) is 0. The molecule has 0 unspecified atom stereocenters. The number of rotatable bonds is 6. The first-order valence-electron chi connectivity index (χ1n) is 7.66. The zero-order valence-corrected chi connectivity index (χ0v) is 14.5. The van der Waals surface area contributed by atoms with E-state index < -0.39 is 10.8 Å². The molecule has 0 aliphatic rings. The van der Waals surface area contributed by atoms with Crippen LogP contribution >= 0.6 is 11.3 Å². The molecule has 0 bridgehead atoms. The SMILES string of the molecule is Cc1cc(-c2ccc([N+](=O)[O-])cc2)oc1C(=O)NCC(=O)c1cccs1. The summed E-state index contributed by atoms with van der Waals surface area (Å²) >= 11 is 1.31. The van der Waals surface area contributed by atoms with Crippen molar-refractivity contribution in [1.82, 2.24) is 5.32 Å². The summed E-state index contributed by atoms with van der Waals surface area (Å²) in [6.45, 7) is 1.60. The zero-order valence-electron chi connectivity index (χ0n) is 13.7. The Balaban J connectivity index is 1.72. The molecule has 0 radical (unpaired) electrons. The van der Waals surface area contributed by atoms with Gasteiger partial charge in [0.15, 0.2) is 11.5 Å². The van der Waals surface area contributed by atoms with Crippen molar-refractivity contribution in [3.05, 3.63) is 74.2 Å². The second-order valence-electron chi connectivity index (χ2n) is 5.51. The van der Waals surface area contributed by atoms with Crippen molar-refractivity contribution in [3.8, 4) is 11.3 Å².